The van der Waals surface area contributed by atoms with Crippen LogP contribution in [0.15, 0.2) is 60.7 Å². The molecule has 1 fully saturated rings. The zero-order chi connectivity index (χ0) is 16.6. The minimum absolute atomic E-state index is 0.0384. The highest BCUT2D eigenvalue weighted by Gasteiger charge is 2.19. The third-order valence-corrected chi connectivity index (χ3v) is 3.93. The number of carbonyl (C=O) groups is 1. The first kappa shape index (κ1) is 16.5. The summed E-state index contributed by atoms with van der Waals surface area (Å²) in [6.07, 6.45) is 0.290. The zero-order valence-corrected chi connectivity index (χ0v) is 13.7. The van der Waals surface area contributed by atoms with Crippen LogP contribution in [0.5, 0.6) is 0 Å². The van der Waals surface area contributed by atoms with Gasteiger partial charge in [0, 0.05) is 13.1 Å². The number of hydrogen-bond acceptors (Lipinski definition) is 4. The van der Waals surface area contributed by atoms with Gasteiger partial charge in [-0.15, -0.1) is 0 Å². The summed E-state index contributed by atoms with van der Waals surface area (Å²) in [5, 5.41) is 5.13. The van der Waals surface area contributed by atoms with Crippen molar-refractivity contribution in [2.45, 2.75) is 19.1 Å². The number of benzene rings is 2. The van der Waals surface area contributed by atoms with Gasteiger partial charge in [-0.2, -0.15) is 0 Å². The smallest absolute Gasteiger partial charge is 0.241 e. The van der Waals surface area contributed by atoms with Crippen molar-refractivity contribution in [1.82, 2.24) is 10.7 Å². The van der Waals surface area contributed by atoms with E-state index in [0.717, 1.165) is 24.3 Å². The molecule has 1 aliphatic heterocycles. The van der Waals surface area contributed by atoms with Gasteiger partial charge in [0.15, 0.2) is 0 Å². The predicted octanol–water partition coefficient (Wildman–Crippen LogP) is 2.10. The molecule has 2 N–H and O–H groups in total. The number of morpholine rings is 1. The molecule has 5 nitrogen and oxygen atoms in total. The lowest BCUT2D eigenvalue weighted by Gasteiger charge is -2.28. The van der Waals surface area contributed by atoms with Crippen LogP contribution in [0, 0.1) is 0 Å². The van der Waals surface area contributed by atoms with E-state index in [1.165, 1.54) is 0 Å². The minimum Gasteiger partial charge on any atom is -0.375 e. The molecule has 1 saturated heterocycles. The van der Waals surface area contributed by atoms with E-state index in [9.17, 15) is 4.79 Å². The molecule has 3 rings (SSSR count). The average molecular weight is 325 g/mol. The fraction of sp³-hybridized carbons (Fsp3) is 0.316. The fourth-order valence-electron chi connectivity index (χ4n) is 2.72. The monoisotopic (exact) mass is 325 g/mol. The Kier molecular flexibility index (Phi) is 5.82. The first-order chi connectivity index (χ1) is 11.8. The summed E-state index contributed by atoms with van der Waals surface area (Å²) in [6, 6.07) is 20.0. The fourth-order valence-corrected chi connectivity index (χ4v) is 2.72. The Hall–Kier alpha value is -2.37. The predicted molar refractivity (Wildman–Crippen MR) is 94.4 cm³/mol. The molecular weight excluding hydrogens is 302 g/mol. The van der Waals surface area contributed by atoms with Crippen molar-refractivity contribution in [3.63, 3.8) is 0 Å². The number of hydrogen-bond donors (Lipinski definition) is 2. The van der Waals surface area contributed by atoms with Gasteiger partial charge in [0.2, 0.25) is 5.91 Å². The number of carbonyl (C=O) groups excluding carboxylic acids is 1. The van der Waals surface area contributed by atoms with Crippen LogP contribution in [0.4, 0.5) is 5.69 Å². The van der Waals surface area contributed by atoms with Crippen molar-refractivity contribution in [3.8, 4) is 0 Å². The first-order valence-corrected chi connectivity index (χ1v) is 8.29. The van der Waals surface area contributed by atoms with Gasteiger partial charge >= 0.3 is 0 Å². The van der Waals surface area contributed by atoms with Gasteiger partial charge < -0.3 is 10.1 Å². The van der Waals surface area contributed by atoms with Crippen molar-refractivity contribution in [1.29, 1.82) is 0 Å². The van der Waals surface area contributed by atoms with E-state index in [-0.39, 0.29) is 12.0 Å². The van der Waals surface area contributed by atoms with E-state index in [0.29, 0.717) is 19.6 Å². The highest BCUT2D eigenvalue weighted by atomic mass is 16.5. The number of anilines is 1. The summed E-state index contributed by atoms with van der Waals surface area (Å²) in [4.78, 5) is 12.4. The average Bonchev–Trinajstić information content (AvgIpc) is 2.63. The number of nitrogens with one attached hydrogen (secondary N) is 2. The van der Waals surface area contributed by atoms with Crippen LogP contribution in [0.25, 0.3) is 0 Å². The van der Waals surface area contributed by atoms with E-state index in [1.807, 2.05) is 53.5 Å². The van der Waals surface area contributed by atoms with Crippen LogP contribution in [-0.4, -0.2) is 31.7 Å². The SMILES string of the molecule is O=C(CC1CNCCO1)NN(Cc1ccccc1)c1ccccc1. The maximum absolute atomic E-state index is 12.4. The second kappa shape index (κ2) is 8.47. The number of amides is 1. The van der Waals surface area contributed by atoms with Crippen molar-refractivity contribution in [3.05, 3.63) is 66.2 Å². The number of hydrazine groups is 1. The van der Waals surface area contributed by atoms with E-state index in [4.69, 9.17) is 4.74 Å². The van der Waals surface area contributed by atoms with E-state index >= 15 is 0 Å². The molecule has 24 heavy (non-hydrogen) atoms. The molecule has 2 aromatic rings. The summed E-state index contributed by atoms with van der Waals surface area (Å²) < 4.78 is 5.61. The van der Waals surface area contributed by atoms with E-state index < -0.39 is 0 Å². The van der Waals surface area contributed by atoms with Crippen molar-refractivity contribution >= 4 is 11.6 Å². The Bertz CT molecular complexity index is 628. The van der Waals surface area contributed by atoms with Gasteiger partial charge in [-0.3, -0.25) is 15.2 Å². The molecule has 1 amide bonds. The Morgan fingerprint density at radius 3 is 2.50 bits per heavy atom. The molecule has 0 radical (unpaired) electrons. The van der Waals surface area contributed by atoms with Gasteiger partial charge in [-0.1, -0.05) is 48.5 Å². The number of nitrogens with zero attached hydrogens (tertiary/aromatic N) is 1. The van der Waals surface area contributed by atoms with Crippen LogP contribution in [0.2, 0.25) is 0 Å². The maximum atomic E-state index is 12.4. The molecule has 5 heteroatoms. The lowest BCUT2D eigenvalue weighted by Crippen LogP contribution is -2.46. The van der Waals surface area contributed by atoms with Gasteiger partial charge in [0.1, 0.15) is 0 Å². The highest BCUT2D eigenvalue weighted by Crippen LogP contribution is 2.15. The number of para-hydroxylation sites is 1. The largest absolute Gasteiger partial charge is 0.375 e. The first-order valence-electron chi connectivity index (χ1n) is 8.29. The van der Waals surface area contributed by atoms with Crippen molar-refractivity contribution < 1.29 is 9.53 Å². The molecule has 1 unspecified atom stereocenters. The Morgan fingerprint density at radius 2 is 1.83 bits per heavy atom. The highest BCUT2D eigenvalue weighted by molar-refractivity contribution is 5.78. The van der Waals surface area contributed by atoms with E-state index in [1.54, 1.807) is 0 Å². The molecule has 0 spiro atoms. The topological polar surface area (TPSA) is 53.6 Å². The standard InChI is InChI=1S/C19H23N3O2/c23-19(13-18-14-20-11-12-24-18)21-22(17-9-5-2-6-10-17)15-16-7-3-1-4-8-16/h1-10,18,20H,11-15H2,(H,21,23). The second-order valence-corrected chi connectivity index (χ2v) is 5.84. The van der Waals surface area contributed by atoms with Crippen molar-refractivity contribution in [2.75, 3.05) is 24.7 Å². The molecule has 1 atom stereocenters. The molecule has 2 aromatic carbocycles. The molecule has 0 bridgehead atoms. The van der Waals surface area contributed by atoms with Gasteiger partial charge in [0.05, 0.1) is 31.4 Å². The molecule has 1 aliphatic rings. The molecular formula is C19H23N3O2. The van der Waals surface area contributed by atoms with Gasteiger partial charge in [-0.05, 0) is 17.7 Å². The summed E-state index contributed by atoms with van der Waals surface area (Å²) in [5.74, 6) is -0.0384. The zero-order valence-electron chi connectivity index (χ0n) is 13.7. The number of rotatable bonds is 6. The Labute approximate surface area is 142 Å². The van der Waals surface area contributed by atoms with Crippen LogP contribution in [-0.2, 0) is 16.1 Å². The summed E-state index contributed by atoms with van der Waals surface area (Å²) in [5.41, 5.74) is 5.11. The van der Waals surface area contributed by atoms with Crippen LogP contribution >= 0.6 is 0 Å². The van der Waals surface area contributed by atoms with Crippen LogP contribution in [0.3, 0.4) is 0 Å². The summed E-state index contributed by atoms with van der Waals surface area (Å²) in [6.45, 7) is 2.84. The normalized spacial score (nSPS) is 17.2. The molecule has 1 heterocycles. The molecule has 0 saturated carbocycles. The van der Waals surface area contributed by atoms with Crippen LogP contribution < -0.4 is 15.8 Å². The molecule has 0 aromatic heterocycles. The van der Waals surface area contributed by atoms with Gasteiger partial charge in [0.25, 0.3) is 0 Å². The van der Waals surface area contributed by atoms with Crippen LogP contribution in [0.1, 0.15) is 12.0 Å². The van der Waals surface area contributed by atoms with Crippen molar-refractivity contribution in [2.24, 2.45) is 0 Å². The third-order valence-electron chi connectivity index (χ3n) is 3.93. The minimum atomic E-state index is -0.0619. The summed E-state index contributed by atoms with van der Waals surface area (Å²) >= 11 is 0. The van der Waals surface area contributed by atoms with Gasteiger partial charge in [-0.25, -0.2) is 0 Å². The maximum Gasteiger partial charge on any atom is 0.241 e. The lowest BCUT2D eigenvalue weighted by molar-refractivity contribution is -0.124. The molecule has 0 aliphatic carbocycles. The number of ether oxygens (including phenoxy) is 1. The summed E-state index contributed by atoms with van der Waals surface area (Å²) in [7, 11) is 0. The Balaban J connectivity index is 1.66. The second-order valence-electron chi connectivity index (χ2n) is 5.84. The third kappa shape index (κ3) is 4.81. The lowest BCUT2D eigenvalue weighted by atomic mass is 10.2. The van der Waals surface area contributed by atoms with E-state index in [2.05, 4.69) is 22.9 Å². The molecule has 126 valence electrons. The quantitative estimate of drug-likeness (QED) is 0.799. The Morgan fingerprint density at radius 1 is 1.12 bits per heavy atom.